The Balaban J connectivity index is 1.45. The summed E-state index contributed by atoms with van der Waals surface area (Å²) in [5, 5.41) is 0. The number of carbonyl (C=O) groups is 1. The summed E-state index contributed by atoms with van der Waals surface area (Å²) in [7, 11) is -3.25. The summed E-state index contributed by atoms with van der Waals surface area (Å²) in [6.07, 6.45) is 1.58. The second-order valence-corrected chi connectivity index (χ2v) is 9.72. The lowest BCUT2D eigenvalue weighted by Gasteiger charge is -2.36. The minimum atomic E-state index is -3.25. The second kappa shape index (κ2) is 8.06. The quantitative estimate of drug-likeness (QED) is 0.776. The van der Waals surface area contributed by atoms with E-state index >= 15 is 0 Å². The average molecular weight is 414 g/mol. The van der Waals surface area contributed by atoms with Crippen LogP contribution in [0, 0.1) is 6.92 Å². The van der Waals surface area contributed by atoms with E-state index < -0.39 is 10.0 Å². The van der Waals surface area contributed by atoms with E-state index in [2.05, 4.69) is 17.0 Å². The number of piperazine rings is 1. The largest absolute Gasteiger partial charge is 0.368 e. The summed E-state index contributed by atoms with van der Waals surface area (Å²) in [4.78, 5) is 17.2. The first kappa shape index (κ1) is 19.8. The van der Waals surface area contributed by atoms with Gasteiger partial charge in [0.2, 0.25) is 10.0 Å². The molecular formula is C22H27N3O3S. The summed E-state index contributed by atoms with van der Waals surface area (Å²) in [6.45, 7) is 5.35. The van der Waals surface area contributed by atoms with Crippen LogP contribution >= 0.6 is 0 Å². The Morgan fingerprint density at radius 1 is 0.897 bits per heavy atom. The van der Waals surface area contributed by atoms with E-state index in [-0.39, 0.29) is 11.7 Å². The van der Waals surface area contributed by atoms with E-state index in [4.69, 9.17) is 0 Å². The van der Waals surface area contributed by atoms with Crippen molar-refractivity contribution in [3.05, 3.63) is 59.7 Å². The van der Waals surface area contributed by atoms with Gasteiger partial charge in [-0.3, -0.25) is 9.10 Å². The molecule has 0 unspecified atom stereocenters. The summed E-state index contributed by atoms with van der Waals surface area (Å²) < 4.78 is 26.3. The van der Waals surface area contributed by atoms with Crippen molar-refractivity contribution in [2.75, 3.05) is 47.7 Å². The Hall–Kier alpha value is -2.54. The number of carbonyl (C=O) groups excluding carboxylic acids is 1. The van der Waals surface area contributed by atoms with Gasteiger partial charge in [-0.2, -0.15) is 0 Å². The highest BCUT2D eigenvalue weighted by Crippen LogP contribution is 2.28. The maximum atomic E-state index is 13.0. The molecule has 1 amide bonds. The van der Waals surface area contributed by atoms with Crippen molar-refractivity contribution in [1.82, 2.24) is 4.90 Å². The number of benzene rings is 2. The van der Waals surface area contributed by atoms with Crippen molar-refractivity contribution < 1.29 is 13.2 Å². The Morgan fingerprint density at radius 3 is 2.28 bits per heavy atom. The van der Waals surface area contributed by atoms with Crippen LogP contribution in [-0.2, 0) is 10.0 Å². The molecule has 2 aliphatic rings. The first-order chi connectivity index (χ1) is 14.0. The van der Waals surface area contributed by atoms with Gasteiger partial charge in [-0.1, -0.05) is 18.2 Å². The molecule has 0 atom stereocenters. The van der Waals surface area contributed by atoms with Gasteiger partial charge in [-0.05, 0) is 55.7 Å². The lowest BCUT2D eigenvalue weighted by Crippen LogP contribution is -2.48. The summed E-state index contributed by atoms with van der Waals surface area (Å²) in [5.41, 5.74) is 3.32. The number of aryl methyl sites for hydroxylation is 1. The highest BCUT2D eigenvalue weighted by atomic mass is 32.2. The molecule has 2 aromatic carbocycles. The third-order valence-corrected chi connectivity index (χ3v) is 7.61. The summed E-state index contributed by atoms with van der Waals surface area (Å²) in [6, 6.07) is 15.6. The van der Waals surface area contributed by atoms with Gasteiger partial charge in [0.05, 0.1) is 11.4 Å². The van der Waals surface area contributed by atoms with Gasteiger partial charge in [-0.25, -0.2) is 8.42 Å². The fourth-order valence-corrected chi connectivity index (χ4v) is 5.82. The number of rotatable bonds is 3. The van der Waals surface area contributed by atoms with E-state index in [0.717, 1.165) is 25.1 Å². The Kier molecular flexibility index (Phi) is 5.50. The number of para-hydroxylation sites is 1. The van der Waals surface area contributed by atoms with Crippen molar-refractivity contribution >= 4 is 27.3 Å². The SMILES string of the molecule is Cc1cc(C(=O)N2CCN(c3ccccc3)CC2)ccc1N1CCCCS1(=O)=O. The highest BCUT2D eigenvalue weighted by molar-refractivity contribution is 7.92. The Labute approximate surface area is 172 Å². The van der Waals surface area contributed by atoms with Gasteiger partial charge >= 0.3 is 0 Å². The molecule has 0 radical (unpaired) electrons. The molecule has 0 spiro atoms. The van der Waals surface area contributed by atoms with Crippen LogP contribution in [0.2, 0.25) is 0 Å². The molecule has 0 aliphatic carbocycles. The predicted molar refractivity (Wildman–Crippen MR) is 116 cm³/mol. The van der Waals surface area contributed by atoms with Crippen molar-refractivity contribution in [3.63, 3.8) is 0 Å². The normalized spacial score (nSPS) is 19.3. The van der Waals surface area contributed by atoms with Crippen LogP contribution in [0.5, 0.6) is 0 Å². The first-order valence-corrected chi connectivity index (χ1v) is 11.8. The van der Waals surface area contributed by atoms with E-state index in [1.54, 1.807) is 12.1 Å². The van der Waals surface area contributed by atoms with Gasteiger partial charge in [0, 0.05) is 44.0 Å². The van der Waals surface area contributed by atoms with Crippen LogP contribution in [0.15, 0.2) is 48.5 Å². The minimum absolute atomic E-state index is 0.00821. The van der Waals surface area contributed by atoms with Crippen molar-refractivity contribution in [2.24, 2.45) is 0 Å². The number of hydrogen-bond donors (Lipinski definition) is 0. The van der Waals surface area contributed by atoms with Crippen LogP contribution in [0.1, 0.15) is 28.8 Å². The minimum Gasteiger partial charge on any atom is -0.368 e. The zero-order valence-electron chi connectivity index (χ0n) is 16.8. The monoisotopic (exact) mass is 413 g/mol. The van der Waals surface area contributed by atoms with Gasteiger partial charge in [0.15, 0.2) is 0 Å². The van der Waals surface area contributed by atoms with E-state index in [1.165, 1.54) is 9.99 Å². The van der Waals surface area contributed by atoms with Crippen LogP contribution < -0.4 is 9.21 Å². The number of hydrogen-bond acceptors (Lipinski definition) is 4. The molecule has 6 nitrogen and oxygen atoms in total. The van der Waals surface area contributed by atoms with E-state index in [0.29, 0.717) is 37.3 Å². The third kappa shape index (κ3) is 4.10. The van der Waals surface area contributed by atoms with Gasteiger partial charge in [-0.15, -0.1) is 0 Å². The molecule has 0 bridgehead atoms. The fourth-order valence-electron chi connectivity index (χ4n) is 4.12. The molecule has 29 heavy (non-hydrogen) atoms. The second-order valence-electron chi connectivity index (χ2n) is 7.71. The van der Waals surface area contributed by atoms with Crippen LogP contribution in [0.3, 0.4) is 0 Å². The van der Waals surface area contributed by atoms with Gasteiger partial charge < -0.3 is 9.80 Å². The van der Waals surface area contributed by atoms with E-state index in [9.17, 15) is 13.2 Å². The molecule has 2 aromatic rings. The van der Waals surface area contributed by atoms with E-state index in [1.807, 2.05) is 36.1 Å². The van der Waals surface area contributed by atoms with Crippen LogP contribution in [0.4, 0.5) is 11.4 Å². The Morgan fingerprint density at radius 2 is 1.62 bits per heavy atom. The molecule has 2 aliphatic heterocycles. The van der Waals surface area contributed by atoms with Gasteiger partial charge in [0.1, 0.15) is 0 Å². The van der Waals surface area contributed by atoms with Crippen LogP contribution in [0.25, 0.3) is 0 Å². The predicted octanol–water partition coefficient (Wildman–Crippen LogP) is 2.89. The molecule has 0 saturated carbocycles. The lowest BCUT2D eigenvalue weighted by molar-refractivity contribution is 0.0746. The Bertz CT molecular complexity index is 984. The number of anilines is 2. The highest BCUT2D eigenvalue weighted by Gasteiger charge is 2.28. The zero-order valence-corrected chi connectivity index (χ0v) is 17.6. The molecule has 0 N–H and O–H groups in total. The zero-order chi connectivity index (χ0) is 20.4. The molecule has 154 valence electrons. The molecule has 2 fully saturated rings. The molecule has 2 heterocycles. The smallest absolute Gasteiger partial charge is 0.253 e. The number of sulfonamides is 1. The molecule has 0 aromatic heterocycles. The third-order valence-electron chi connectivity index (χ3n) is 5.75. The summed E-state index contributed by atoms with van der Waals surface area (Å²) >= 11 is 0. The van der Waals surface area contributed by atoms with Crippen molar-refractivity contribution in [3.8, 4) is 0 Å². The van der Waals surface area contributed by atoms with Crippen molar-refractivity contribution in [1.29, 1.82) is 0 Å². The molecule has 2 saturated heterocycles. The number of nitrogens with zero attached hydrogens (tertiary/aromatic N) is 3. The maximum Gasteiger partial charge on any atom is 0.253 e. The van der Waals surface area contributed by atoms with Crippen molar-refractivity contribution in [2.45, 2.75) is 19.8 Å². The number of amides is 1. The molecule has 7 heteroatoms. The summed E-state index contributed by atoms with van der Waals surface area (Å²) in [5.74, 6) is 0.201. The fraction of sp³-hybridized carbons (Fsp3) is 0.409. The molecular weight excluding hydrogens is 386 g/mol. The average Bonchev–Trinajstić information content (AvgIpc) is 2.74. The van der Waals surface area contributed by atoms with Gasteiger partial charge in [0.25, 0.3) is 5.91 Å². The lowest BCUT2D eigenvalue weighted by atomic mass is 10.1. The van der Waals surface area contributed by atoms with Crippen LogP contribution in [-0.4, -0.2) is 57.7 Å². The first-order valence-electron chi connectivity index (χ1n) is 10.2. The standard InChI is InChI=1S/C22H27N3O3S/c1-18-17-19(9-10-21(18)25-11-5-6-16-29(25,27)28)22(26)24-14-12-23(13-15-24)20-7-3-2-4-8-20/h2-4,7-10,17H,5-6,11-16H2,1H3. The molecule has 4 rings (SSSR count). The topological polar surface area (TPSA) is 60.9 Å². The maximum absolute atomic E-state index is 13.0.